The maximum absolute atomic E-state index is 12.6. The van der Waals surface area contributed by atoms with Crippen LogP contribution in [0.2, 0.25) is 0 Å². The van der Waals surface area contributed by atoms with E-state index in [1.165, 1.54) is 0 Å². The molecule has 1 aromatic carbocycles. The van der Waals surface area contributed by atoms with Gasteiger partial charge in [-0.1, -0.05) is 6.07 Å². The number of aromatic amines is 1. The monoisotopic (exact) mass is 466 g/mol. The van der Waals surface area contributed by atoms with Crippen LogP contribution in [0.4, 0.5) is 13.2 Å². The van der Waals surface area contributed by atoms with Crippen molar-refractivity contribution in [2.75, 3.05) is 26.2 Å². The minimum Gasteiger partial charge on any atom is -0.475 e. The van der Waals surface area contributed by atoms with Crippen LogP contribution in [-0.2, 0) is 11.8 Å². The lowest BCUT2D eigenvalue weighted by molar-refractivity contribution is -0.192. The first-order valence-electron chi connectivity index (χ1n) is 9.91. The molecule has 1 saturated heterocycles. The zero-order valence-electron chi connectivity index (χ0n) is 17.5. The third kappa shape index (κ3) is 5.74. The number of carboxylic acid groups (broad SMARTS) is 1. The highest BCUT2D eigenvalue weighted by Gasteiger charge is 2.38. The molecule has 33 heavy (non-hydrogen) atoms. The first-order valence-corrected chi connectivity index (χ1v) is 9.91. The number of carboxylic acids is 1. The molecule has 0 unspecified atom stereocenters. The minimum absolute atomic E-state index is 0.0868. The van der Waals surface area contributed by atoms with E-state index in [4.69, 9.17) is 9.90 Å². The van der Waals surface area contributed by atoms with Crippen molar-refractivity contribution >= 4 is 22.9 Å². The minimum atomic E-state index is -5.08. The van der Waals surface area contributed by atoms with Gasteiger partial charge in [-0.15, -0.1) is 10.2 Å². The first kappa shape index (κ1) is 23.9. The molecule has 10 nitrogen and oxygen atoms in total. The maximum Gasteiger partial charge on any atom is 0.490 e. The Morgan fingerprint density at radius 3 is 2.45 bits per heavy atom. The third-order valence-corrected chi connectivity index (χ3v) is 4.95. The van der Waals surface area contributed by atoms with Crippen molar-refractivity contribution in [1.82, 2.24) is 30.0 Å². The Morgan fingerprint density at radius 2 is 1.82 bits per heavy atom. The summed E-state index contributed by atoms with van der Waals surface area (Å²) in [4.78, 5) is 37.8. The van der Waals surface area contributed by atoms with Gasteiger partial charge in [0, 0.05) is 32.2 Å². The van der Waals surface area contributed by atoms with Gasteiger partial charge in [-0.05, 0) is 37.2 Å². The summed E-state index contributed by atoms with van der Waals surface area (Å²) in [7, 11) is 1.72. The van der Waals surface area contributed by atoms with E-state index in [0.717, 1.165) is 42.7 Å². The standard InChI is InChI=1S/C18H20N6O2.C2HF3O2/c1-23-16-11-12(3-4-14(16)20-18(23)26)13-5-6-15(22-21-13)17(25)24-9-2-7-19-8-10-24;3-2(4,5)1(6)7/h3-6,11,19H,2,7-10H2,1H3,(H,20,26);(H,6,7). The van der Waals surface area contributed by atoms with E-state index in [1.54, 1.807) is 23.7 Å². The SMILES string of the molecule is Cn1c(=O)[nH]c2ccc(-c3ccc(C(=O)N4CCCNCC4)nn3)cc21.O=C(O)C(F)(F)F. The second-order valence-electron chi connectivity index (χ2n) is 7.22. The van der Waals surface area contributed by atoms with E-state index < -0.39 is 12.1 Å². The lowest BCUT2D eigenvalue weighted by atomic mass is 10.1. The number of H-pyrrole nitrogens is 1. The number of nitrogens with one attached hydrogen (secondary N) is 2. The molecule has 1 aliphatic heterocycles. The summed E-state index contributed by atoms with van der Waals surface area (Å²) < 4.78 is 33.3. The van der Waals surface area contributed by atoms with Gasteiger partial charge in [0.2, 0.25) is 0 Å². The Bertz CT molecular complexity index is 1200. The molecule has 0 spiro atoms. The maximum atomic E-state index is 12.6. The van der Waals surface area contributed by atoms with Crippen LogP contribution in [0.5, 0.6) is 0 Å². The Balaban J connectivity index is 0.000000383. The molecule has 1 fully saturated rings. The summed E-state index contributed by atoms with van der Waals surface area (Å²) >= 11 is 0. The number of aliphatic carboxylic acids is 1. The molecule has 3 aromatic rings. The molecular weight excluding hydrogens is 445 g/mol. The summed E-state index contributed by atoms with van der Waals surface area (Å²) in [5.41, 5.74) is 3.27. The quantitative estimate of drug-likeness (QED) is 0.520. The van der Waals surface area contributed by atoms with Crippen LogP contribution in [0.1, 0.15) is 16.9 Å². The van der Waals surface area contributed by atoms with Crippen molar-refractivity contribution in [3.8, 4) is 11.3 Å². The van der Waals surface area contributed by atoms with Crippen molar-refractivity contribution in [2.24, 2.45) is 7.05 Å². The Morgan fingerprint density at radius 1 is 1.09 bits per heavy atom. The van der Waals surface area contributed by atoms with Crippen molar-refractivity contribution in [2.45, 2.75) is 12.6 Å². The van der Waals surface area contributed by atoms with Gasteiger partial charge < -0.3 is 20.3 Å². The molecule has 1 aliphatic rings. The van der Waals surface area contributed by atoms with Crippen molar-refractivity contribution < 1.29 is 27.9 Å². The number of imidazole rings is 1. The number of aryl methyl sites for hydroxylation is 1. The largest absolute Gasteiger partial charge is 0.490 e. The molecule has 4 rings (SSSR count). The van der Waals surface area contributed by atoms with Crippen LogP contribution in [0, 0.1) is 0 Å². The van der Waals surface area contributed by atoms with Crippen LogP contribution >= 0.6 is 0 Å². The number of hydrogen-bond donors (Lipinski definition) is 3. The number of halogens is 3. The fourth-order valence-electron chi connectivity index (χ4n) is 3.19. The van der Waals surface area contributed by atoms with Crippen LogP contribution in [0.3, 0.4) is 0 Å². The van der Waals surface area contributed by atoms with Gasteiger partial charge >= 0.3 is 17.8 Å². The molecule has 13 heteroatoms. The Labute approximate surface area is 185 Å². The molecule has 3 N–H and O–H groups in total. The predicted octanol–water partition coefficient (Wildman–Crippen LogP) is 1.39. The van der Waals surface area contributed by atoms with E-state index >= 15 is 0 Å². The fourth-order valence-corrected chi connectivity index (χ4v) is 3.19. The van der Waals surface area contributed by atoms with Crippen LogP contribution in [-0.4, -0.2) is 74.0 Å². The first-order chi connectivity index (χ1) is 15.6. The smallest absolute Gasteiger partial charge is 0.475 e. The number of aromatic nitrogens is 4. The summed E-state index contributed by atoms with van der Waals surface area (Å²) in [6.07, 6.45) is -4.15. The Kier molecular flexibility index (Phi) is 7.11. The number of fused-ring (bicyclic) bond motifs is 1. The predicted molar refractivity (Wildman–Crippen MR) is 112 cm³/mol. The van der Waals surface area contributed by atoms with E-state index in [0.29, 0.717) is 17.9 Å². The number of benzene rings is 1. The number of amides is 1. The topological polar surface area (TPSA) is 133 Å². The number of carbonyl (C=O) groups is 2. The molecule has 3 heterocycles. The molecule has 0 atom stereocenters. The van der Waals surface area contributed by atoms with Crippen molar-refractivity contribution in [3.63, 3.8) is 0 Å². The van der Waals surface area contributed by atoms with E-state index in [1.807, 2.05) is 23.1 Å². The summed E-state index contributed by atoms with van der Waals surface area (Å²) in [5.74, 6) is -2.84. The molecule has 1 amide bonds. The molecule has 0 aliphatic carbocycles. The second kappa shape index (κ2) is 9.81. The van der Waals surface area contributed by atoms with Gasteiger partial charge in [-0.3, -0.25) is 9.36 Å². The average Bonchev–Trinajstić information content (AvgIpc) is 2.96. The molecule has 0 radical (unpaired) electrons. The summed E-state index contributed by atoms with van der Waals surface area (Å²) in [5, 5.41) is 18.8. The highest BCUT2D eigenvalue weighted by molar-refractivity contribution is 5.92. The highest BCUT2D eigenvalue weighted by atomic mass is 19.4. The van der Waals surface area contributed by atoms with Crippen molar-refractivity contribution in [1.29, 1.82) is 0 Å². The van der Waals surface area contributed by atoms with Crippen LogP contribution < -0.4 is 11.0 Å². The van der Waals surface area contributed by atoms with Gasteiger partial charge in [-0.25, -0.2) is 9.59 Å². The van der Waals surface area contributed by atoms with E-state index in [2.05, 4.69) is 20.5 Å². The van der Waals surface area contributed by atoms with Gasteiger partial charge in [-0.2, -0.15) is 13.2 Å². The molecule has 0 bridgehead atoms. The third-order valence-electron chi connectivity index (χ3n) is 4.95. The zero-order valence-corrected chi connectivity index (χ0v) is 17.5. The lowest BCUT2D eigenvalue weighted by Crippen LogP contribution is -2.34. The lowest BCUT2D eigenvalue weighted by Gasteiger charge is -2.19. The Hall–Kier alpha value is -3.74. The van der Waals surface area contributed by atoms with Gasteiger partial charge in [0.15, 0.2) is 5.69 Å². The van der Waals surface area contributed by atoms with Crippen LogP contribution in [0.25, 0.3) is 22.3 Å². The van der Waals surface area contributed by atoms with Gasteiger partial charge in [0.25, 0.3) is 5.91 Å². The molecule has 176 valence electrons. The van der Waals surface area contributed by atoms with E-state index in [9.17, 15) is 22.8 Å². The number of hydrogen-bond acceptors (Lipinski definition) is 6. The number of rotatable bonds is 2. The summed E-state index contributed by atoms with van der Waals surface area (Å²) in [6.45, 7) is 3.14. The van der Waals surface area contributed by atoms with E-state index in [-0.39, 0.29) is 11.6 Å². The average molecular weight is 466 g/mol. The van der Waals surface area contributed by atoms with Crippen molar-refractivity contribution in [3.05, 3.63) is 46.5 Å². The molecule has 0 saturated carbocycles. The normalized spacial score (nSPS) is 14.4. The second-order valence-corrected chi connectivity index (χ2v) is 7.22. The molecular formula is C20H21F3N6O4. The van der Waals surface area contributed by atoms with Crippen LogP contribution in [0.15, 0.2) is 35.1 Å². The zero-order chi connectivity index (χ0) is 24.2. The van der Waals surface area contributed by atoms with Gasteiger partial charge in [0.1, 0.15) is 0 Å². The number of alkyl halides is 3. The fraction of sp³-hybridized carbons (Fsp3) is 0.350. The molecule has 2 aromatic heterocycles. The highest BCUT2D eigenvalue weighted by Crippen LogP contribution is 2.21. The summed E-state index contributed by atoms with van der Waals surface area (Å²) in [6, 6.07) is 9.12. The van der Waals surface area contributed by atoms with Gasteiger partial charge in [0.05, 0.1) is 16.7 Å². The number of carbonyl (C=O) groups excluding carboxylic acids is 1. The number of nitrogens with zero attached hydrogens (tertiary/aromatic N) is 4.